The Labute approximate surface area is 242 Å². The zero-order valence-electron chi connectivity index (χ0n) is 24.8. The van der Waals surface area contributed by atoms with Crippen molar-refractivity contribution in [2.75, 3.05) is 48.1 Å². The summed E-state index contributed by atoms with van der Waals surface area (Å²) >= 11 is 0. The summed E-state index contributed by atoms with van der Waals surface area (Å²) in [7, 11) is 6.82. The van der Waals surface area contributed by atoms with Crippen LogP contribution in [0.2, 0.25) is 0 Å². The predicted octanol–water partition coefficient (Wildman–Crippen LogP) is 2.38. The average molecular weight is 572 g/mol. The standard InChI is InChI=1S/C32H45NO8/c1-6-33-15-30(16-37-2)12-11-22(41-29(35)17-7-9-18(38-3)10-8-17)32-20-13-19-21(39-4)14-31(36,23(20)25(19)34)24(28(32)33)26(40-5)27(30)32/h7-10,19-28,34,36H,6,11-16H2,1-5H3/t19-,20-,21+,22+,23-,24+,25+,26+,27-,28?,30+,31-,32+/m1/s1. The molecule has 1 aliphatic heterocycles. The molecule has 6 fully saturated rings. The fraction of sp³-hybridized carbons (Fsp3) is 0.781. The minimum Gasteiger partial charge on any atom is -0.497 e. The van der Waals surface area contributed by atoms with E-state index in [-0.39, 0.29) is 65.3 Å². The first kappa shape index (κ1) is 28.0. The Morgan fingerprint density at radius 2 is 1.85 bits per heavy atom. The Hall–Kier alpha value is -1.75. The number of carbonyl (C=O) groups is 1. The second-order valence-electron chi connectivity index (χ2n) is 13.7. The fourth-order valence-electron chi connectivity index (χ4n) is 11.7. The van der Waals surface area contributed by atoms with Crippen molar-refractivity contribution in [2.24, 2.45) is 40.4 Å². The van der Waals surface area contributed by atoms with Crippen molar-refractivity contribution in [2.45, 2.75) is 68.7 Å². The second kappa shape index (κ2) is 9.63. The van der Waals surface area contributed by atoms with Crippen molar-refractivity contribution in [3.05, 3.63) is 29.8 Å². The van der Waals surface area contributed by atoms with E-state index in [0.717, 1.165) is 32.4 Å². The summed E-state index contributed by atoms with van der Waals surface area (Å²) in [4.78, 5) is 16.3. The van der Waals surface area contributed by atoms with Gasteiger partial charge in [-0.3, -0.25) is 4.90 Å². The number of hydrogen-bond donors (Lipinski definition) is 2. The maximum atomic E-state index is 13.8. The maximum absolute atomic E-state index is 13.8. The van der Waals surface area contributed by atoms with Gasteiger partial charge in [0.2, 0.25) is 0 Å². The van der Waals surface area contributed by atoms with Crippen molar-refractivity contribution in [3.8, 4) is 5.75 Å². The Kier molecular flexibility index (Phi) is 6.59. The molecule has 7 bridgehead atoms. The van der Waals surface area contributed by atoms with Crippen LogP contribution >= 0.6 is 0 Å². The van der Waals surface area contributed by atoms with Crippen LogP contribution in [0.15, 0.2) is 24.3 Å². The molecule has 5 saturated carbocycles. The van der Waals surface area contributed by atoms with Crippen LogP contribution in [0.25, 0.3) is 0 Å². The van der Waals surface area contributed by atoms with Crippen LogP contribution in [0.4, 0.5) is 0 Å². The van der Waals surface area contributed by atoms with E-state index in [2.05, 4.69) is 11.8 Å². The monoisotopic (exact) mass is 571 g/mol. The molecule has 1 heterocycles. The number of methoxy groups -OCH3 is 4. The van der Waals surface area contributed by atoms with E-state index >= 15 is 0 Å². The number of likely N-dealkylation sites (tertiary alicyclic amines) is 1. The maximum Gasteiger partial charge on any atom is 0.338 e. The SMILES string of the molecule is CCN1C[C@]2(COC)CC[C@H](OC(=O)c3ccc(OC)cc3)[C@]34C1[C@H]([C@H](OC)[C@H]23)[C@@]1(O)C[C@H](OC)[C@H]2C[C@@H]4[C@@H]1[C@H]2O. The molecule has 1 unspecified atom stereocenters. The van der Waals surface area contributed by atoms with Crippen LogP contribution < -0.4 is 4.74 Å². The van der Waals surface area contributed by atoms with Crippen molar-refractivity contribution in [3.63, 3.8) is 0 Å². The van der Waals surface area contributed by atoms with Crippen LogP contribution in [0.5, 0.6) is 5.75 Å². The van der Waals surface area contributed by atoms with Gasteiger partial charge in [-0.25, -0.2) is 4.79 Å². The van der Waals surface area contributed by atoms with Gasteiger partial charge < -0.3 is 33.9 Å². The lowest BCUT2D eigenvalue weighted by Gasteiger charge is -2.68. The highest BCUT2D eigenvalue weighted by molar-refractivity contribution is 5.89. The van der Waals surface area contributed by atoms with Gasteiger partial charge in [-0.1, -0.05) is 6.92 Å². The number of fused-ring (bicyclic) bond motifs is 2. The molecule has 1 aromatic carbocycles. The number of piperidine rings is 1. The number of rotatable bonds is 8. The lowest BCUT2D eigenvalue weighted by Crippen LogP contribution is -2.76. The summed E-state index contributed by atoms with van der Waals surface area (Å²) in [5.74, 6) is -0.308. The van der Waals surface area contributed by atoms with Crippen LogP contribution in [-0.2, 0) is 18.9 Å². The number of benzene rings is 1. The van der Waals surface area contributed by atoms with Gasteiger partial charge in [0.15, 0.2) is 0 Å². The summed E-state index contributed by atoms with van der Waals surface area (Å²) in [6.45, 7) is 4.43. The third-order valence-electron chi connectivity index (χ3n) is 12.7. The first-order chi connectivity index (χ1) is 19.7. The molecule has 0 radical (unpaired) electrons. The van der Waals surface area contributed by atoms with E-state index in [1.165, 1.54) is 0 Å². The molecule has 9 heteroatoms. The molecule has 6 aliphatic rings. The second-order valence-corrected chi connectivity index (χ2v) is 13.7. The molecular weight excluding hydrogens is 526 g/mol. The molecule has 0 aromatic heterocycles. The molecule has 13 atom stereocenters. The fourth-order valence-corrected chi connectivity index (χ4v) is 11.7. The van der Waals surface area contributed by atoms with Crippen molar-refractivity contribution >= 4 is 5.97 Å². The summed E-state index contributed by atoms with van der Waals surface area (Å²) < 4.78 is 30.3. The molecule has 41 heavy (non-hydrogen) atoms. The van der Waals surface area contributed by atoms with Gasteiger partial charge in [-0.2, -0.15) is 0 Å². The van der Waals surface area contributed by atoms with Gasteiger partial charge in [0, 0.05) is 74.8 Å². The molecule has 1 aromatic rings. The molecule has 9 nitrogen and oxygen atoms in total. The largest absolute Gasteiger partial charge is 0.497 e. The Morgan fingerprint density at radius 1 is 1.10 bits per heavy atom. The number of esters is 1. The predicted molar refractivity (Wildman–Crippen MR) is 148 cm³/mol. The highest BCUT2D eigenvalue weighted by Crippen LogP contribution is 2.79. The average Bonchev–Trinajstić information content (AvgIpc) is 3.39. The summed E-state index contributed by atoms with van der Waals surface area (Å²) in [5, 5.41) is 24.6. The van der Waals surface area contributed by atoms with Crippen molar-refractivity contribution in [1.29, 1.82) is 0 Å². The zero-order valence-corrected chi connectivity index (χ0v) is 24.8. The topological polar surface area (TPSA) is 107 Å². The molecule has 0 amide bonds. The van der Waals surface area contributed by atoms with Gasteiger partial charge in [0.05, 0.1) is 43.2 Å². The van der Waals surface area contributed by atoms with Gasteiger partial charge in [0.1, 0.15) is 11.9 Å². The Balaban J connectivity index is 1.41. The minimum absolute atomic E-state index is 0.0201. The molecule has 5 aliphatic carbocycles. The van der Waals surface area contributed by atoms with Crippen LogP contribution in [-0.4, -0.2) is 105 Å². The summed E-state index contributed by atoms with van der Waals surface area (Å²) in [6, 6.07) is 7.01. The normalized spacial score (nSPS) is 49.1. The number of hydrogen-bond acceptors (Lipinski definition) is 9. The van der Waals surface area contributed by atoms with Crippen LogP contribution in [0.1, 0.15) is 43.0 Å². The van der Waals surface area contributed by atoms with E-state index in [1.807, 2.05) is 0 Å². The molecule has 1 spiro atoms. The van der Waals surface area contributed by atoms with E-state index in [1.54, 1.807) is 52.7 Å². The van der Waals surface area contributed by atoms with E-state index in [0.29, 0.717) is 24.3 Å². The lowest BCUT2D eigenvalue weighted by molar-refractivity contribution is -0.272. The van der Waals surface area contributed by atoms with E-state index in [4.69, 9.17) is 23.7 Å². The van der Waals surface area contributed by atoms with E-state index < -0.39 is 17.1 Å². The van der Waals surface area contributed by atoms with Gasteiger partial charge in [-0.15, -0.1) is 0 Å². The molecular formula is C32H45NO8. The zero-order chi connectivity index (χ0) is 28.9. The smallest absolute Gasteiger partial charge is 0.338 e. The summed E-state index contributed by atoms with van der Waals surface area (Å²) in [6.07, 6.45) is 1.24. The summed E-state index contributed by atoms with van der Waals surface area (Å²) in [5.41, 5.74) is -1.36. The van der Waals surface area contributed by atoms with Gasteiger partial charge in [0.25, 0.3) is 0 Å². The quantitative estimate of drug-likeness (QED) is 0.455. The van der Waals surface area contributed by atoms with E-state index in [9.17, 15) is 15.0 Å². The lowest BCUT2D eigenvalue weighted by atomic mass is 9.43. The van der Waals surface area contributed by atoms with Crippen LogP contribution in [0.3, 0.4) is 0 Å². The number of ether oxygens (including phenoxy) is 5. The molecule has 226 valence electrons. The highest BCUT2D eigenvalue weighted by atomic mass is 16.5. The van der Waals surface area contributed by atoms with Gasteiger partial charge >= 0.3 is 5.97 Å². The first-order valence-corrected chi connectivity index (χ1v) is 15.3. The minimum atomic E-state index is -1.15. The van der Waals surface area contributed by atoms with Crippen molar-refractivity contribution < 1.29 is 38.7 Å². The van der Waals surface area contributed by atoms with Crippen molar-refractivity contribution in [1.82, 2.24) is 4.90 Å². The van der Waals surface area contributed by atoms with Crippen LogP contribution in [0, 0.1) is 40.4 Å². The Bertz CT molecular complexity index is 1180. The highest BCUT2D eigenvalue weighted by Gasteiger charge is 2.86. The van der Waals surface area contributed by atoms with Gasteiger partial charge in [-0.05, 0) is 56.0 Å². The Morgan fingerprint density at radius 3 is 2.49 bits per heavy atom. The molecule has 2 N–H and O–H groups in total. The number of carbonyl (C=O) groups excluding carboxylic acids is 1. The third kappa shape index (κ3) is 3.36. The number of nitrogens with zero attached hydrogens (tertiary/aromatic N) is 1. The molecule has 7 rings (SSSR count). The third-order valence-corrected chi connectivity index (χ3v) is 12.7. The number of aliphatic hydroxyl groups excluding tert-OH is 1. The first-order valence-electron chi connectivity index (χ1n) is 15.3. The molecule has 1 saturated heterocycles. The number of aliphatic hydroxyl groups is 2.